The van der Waals surface area contributed by atoms with E-state index in [4.69, 9.17) is 19.3 Å². The van der Waals surface area contributed by atoms with Crippen molar-refractivity contribution in [3.8, 4) is 17.4 Å². The second kappa shape index (κ2) is 5.38. The highest BCUT2D eigenvalue weighted by atomic mass is 16.7. The molecule has 1 N–H and O–H groups in total. The van der Waals surface area contributed by atoms with Crippen LogP contribution in [0.25, 0.3) is 0 Å². The smallest absolute Gasteiger partial charge is 0.231 e. The number of aryl methyl sites for hydroxylation is 1. The molecule has 1 aromatic heterocycles. The Labute approximate surface area is 116 Å². The van der Waals surface area contributed by atoms with Gasteiger partial charge in [0.1, 0.15) is 6.61 Å². The van der Waals surface area contributed by atoms with Crippen molar-refractivity contribution in [2.75, 3.05) is 6.79 Å². The van der Waals surface area contributed by atoms with E-state index >= 15 is 0 Å². The molecule has 0 saturated heterocycles. The molecule has 5 heteroatoms. The maximum Gasteiger partial charge on any atom is 0.231 e. The van der Waals surface area contributed by atoms with Crippen molar-refractivity contribution in [1.82, 2.24) is 4.98 Å². The maximum absolute atomic E-state index is 9.10. The summed E-state index contributed by atoms with van der Waals surface area (Å²) in [7, 11) is 0. The van der Waals surface area contributed by atoms with Gasteiger partial charge in [-0.1, -0.05) is 6.07 Å². The zero-order chi connectivity index (χ0) is 13.9. The minimum Gasteiger partial charge on any atom is -0.473 e. The quantitative estimate of drug-likeness (QED) is 0.925. The van der Waals surface area contributed by atoms with E-state index < -0.39 is 0 Å². The summed E-state index contributed by atoms with van der Waals surface area (Å²) in [5.74, 6) is 2.04. The largest absolute Gasteiger partial charge is 0.473 e. The van der Waals surface area contributed by atoms with Gasteiger partial charge in [0.15, 0.2) is 11.5 Å². The zero-order valence-corrected chi connectivity index (χ0v) is 11.1. The van der Waals surface area contributed by atoms with E-state index in [1.165, 1.54) is 0 Å². The number of pyridine rings is 1. The lowest BCUT2D eigenvalue weighted by Crippen LogP contribution is -2.00. The molecule has 0 radical (unpaired) electrons. The van der Waals surface area contributed by atoms with Crippen molar-refractivity contribution in [2.45, 2.75) is 20.1 Å². The summed E-state index contributed by atoms with van der Waals surface area (Å²) in [6, 6.07) is 9.27. The van der Waals surface area contributed by atoms with E-state index in [1.807, 2.05) is 31.2 Å². The summed E-state index contributed by atoms with van der Waals surface area (Å²) in [5.41, 5.74) is 2.57. The highest BCUT2D eigenvalue weighted by molar-refractivity contribution is 5.44. The van der Waals surface area contributed by atoms with Gasteiger partial charge in [0.2, 0.25) is 12.7 Å². The first-order valence-electron chi connectivity index (χ1n) is 6.35. The average molecular weight is 273 g/mol. The van der Waals surface area contributed by atoms with Crippen LogP contribution in [-0.4, -0.2) is 16.9 Å². The van der Waals surface area contributed by atoms with Gasteiger partial charge in [0.05, 0.1) is 6.61 Å². The summed E-state index contributed by atoms with van der Waals surface area (Å²) < 4.78 is 16.2. The molecule has 3 rings (SSSR count). The van der Waals surface area contributed by atoms with Crippen molar-refractivity contribution in [1.29, 1.82) is 0 Å². The normalized spacial score (nSPS) is 12.5. The lowest BCUT2D eigenvalue weighted by Gasteiger charge is -2.08. The van der Waals surface area contributed by atoms with Gasteiger partial charge in [-0.15, -0.1) is 0 Å². The Hall–Kier alpha value is -2.27. The number of hydrogen-bond donors (Lipinski definition) is 1. The molecule has 5 nitrogen and oxygen atoms in total. The van der Waals surface area contributed by atoms with Crippen molar-refractivity contribution in [3.63, 3.8) is 0 Å². The molecule has 1 aromatic carbocycles. The number of aromatic nitrogens is 1. The molecule has 0 spiro atoms. The van der Waals surface area contributed by atoms with Crippen molar-refractivity contribution < 1.29 is 19.3 Å². The van der Waals surface area contributed by atoms with E-state index in [9.17, 15) is 0 Å². The molecule has 0 amide bonds. The Balaban J connectivity index is 1.69. The fourth-order valence-electron chi connectivity index (χ4n) is 2.00. The molecule has 0 atom stereocenters. The molecule has 2 aromatic rings. The van der Waals surface area contributed by atoms with Crippen LogP contribution in [0.3, 0.4) is 0 Å². The fourth-order valence-corrected chi connectivity index (χ4v) is 2.00. The summed E-state index contributed by atoms with van der Waals surface area (Å²) in [4.78, 5) is 4.29. The molecule has 20 heavy (non-hydrogen) atoms. The van der Waals surface area contributed by atoms with Crippen LogP contribution in [0.2, 0.25) is 0 Å². The molecule has 0 saturated carbocycles. The van der Waals surface area contributed by atoms with Gasteiger partial charge in [0, 0.05) is 11.8 Å². The molecule has 104 valence electrons. The van der Waals surface area contributed by atoms with Gasteiger partial charge in [-0.25, -0.2) is 4.98 Å². The molecule has 0 aliphatic carbocycles. The third kappa shape index (κ3) is 2.53. The Morgan fingerprint density at radius 2 is 2.05 bits per heavy atom. The monoisotopic (exact) mass is 273 g/mol. The third-order valence-corrected chi connectivity index (χ3v) is 3.16. The summed E-state index contributed by atoms with van der Waals surface area (Å²) in [6.07, 6.45) is 0. The lowest BCUT2D eigenvalue weighted by atomic mass is 10.2. The second-order valence-corrected chi connectivity index (χ2v) is 4.53. The Morgan fingerprint density at radius 3 is 2.85 bits per heavy atom. The first-order chi connectivity index (χ1) is 9.76. The van der Waals surface area contributed by atoms with E-state index in [0.717, 1.165) is 28.3 Å². The number of benzene rings is 1. The molecule has 0 bridgehead atoms. The molecular weight excluding hydrogens is 258 g/mol. The van der Waals surface area contributed by atoms with E-state index in [1.54, 1.807) is 6.07 Å². The Bertz CT molecular complexity index is 627. The van der Waals surface area contributed by atoms with Crippen LogP contribution < -0.4 is 14.2 Å². The second-order valence-electron chi connectivity index (χ2n) is 4.53. The minimum atomic E-state index is -0.0126. The van der Waals surface area contributed by atoms with Crippen LogP contribution in [-0.2, 0) is 13.2 Å². The van der Waals surface area contributed by atoms with Crippen molar-refractivity contribution in [2.24, 2.45) is 0 Å². The van der Waals surface area contributed by atoms with E-state index in [-0.39, 0.29) is 13.4 Å². The number of hydrogen-bond acceptors (Lipinski definition) is 5. The Morgan fingerprint density at radius 1 is 1.20 bits per heavy atom. The topological polar surface area (TPSA) is 60.8 Å². The first kappa shape index (κ1) is 12.7. The van der Waals surface area contributed by atoms with Crippen LogP contribution >= 0.6 is 0 Å². The standard InChI is InChI=1S/C15H15NO4/c1-10-12(7-17)3-5-15(16-10)18-8-11-2-4-13-14(6-11)20-9-19-13/h2-6,17H,7-9H2,1H3. The van der Waals surface area contributed by atoms with Gasteiger partial charge < -0.3 is 19.3 Å². The average Bonchev–Trinajstić information content (AvgIpc) is 2.92. The predicted molar refractivity (Wildman–Crippen MR) is 71.8 cm³/mol. The van der Waals surface area contributed by atoms with Gasteiger partial charge >= 0.3 is 0 Å². The summed E-state index contributed by atoms with van der Waals surface area (Å²) in [6.45, 7) is 2.50. The number of aliphatic hydroxyl groups excluding tert-OH is 1. The number of fused-ring (bicyclic) bond motifs is 1. The SMILES string of the molecule is Cc1nc(OCc2ccc3c(c2)OCO3)ccc1CO. The van der Waals surface area contributed by atoms with Crippen molar-refractivity contribution in [3.05, 3.63) is 47.2 Å². The van der Waals surface area contributed by atoms with Crippen LogP contribution in [0.5, 0.6) is 17.4 Å². The number of rotatable bonds is 4. The highest BCUT2D eigenvalue weighted by Gasteiger charge is 2.13. The molecule has 0 fully saturated rings. The first-order valence-corrected chi connectivity index (χ1v) is 6.35. The molecule has 2 heterocycles. The highest BCUT2D eigenvalue weighted by Crippen LogP contribution is 2.32. The van der Waals surface area contributed by atoms with Crippen LogP contribution in [0, 0.1) is 6.92 Å². The molecule has 0 unspecified atom stereocenters. The Kier molecular flexibility index (Phi) is 3.43. The lowest BCUT2D eigenvalue weighted by molar-refractivity contribution is 0.174. The van der Waals surface area contributed by atoms with Gasteiger partial charge in [-0.05, 0) is 36.2 Å². The molecule has 1 aliphatic rings. The van der Waals surface area contributed by atoms with Crippen LogP contribution in [0.4, 0.5) is 0 Å². The van der Waals surface area contributed by atoms with Gasteiger partial charge in [0.25, 0.3) is 0 Å². The van der Waals surface area contributed by atoms with Crippen LogP contribution in [0.15, 0.2) is 30.3 Å². The maximum atomic E-state index is 9.10. The number of ether oxygens (including phenoxy) is 3. The van der Waals surface area contributed by atoms with Crippen LogP contribution in [0.1, 0.15) is 16.8 Å². The zero-order valence-electron chi connectivity index (χ0n) is 11.1. The third-order valence-electron chi connectivity index (χ3n) is 3.16. The summed E-state index contributed by atoms with van der Waals surface area (Å²) >= 11 is 0. The van der Waals surface area contributed by atoms with Gasteiger partial charge in [-0.2, -0.15) is 0 Å². The fraction of sp³-hybridized carbons (Fsp3) is 0.267. The minimum absolute atomic E-state index is 0.0126. The van der Waals surface area contributed by atoms with E-state index in [0.29, 0.717) is 12.5 Å². The number of aliphatic hydroxyl groups is 1. The number of nitrogens with zero attached hydrogens (tertiary/aromatic N) is 1. The van der Waals surface area contributed by atoms with E-state index in [2.05, 4.69) is 4.98 Å². The van der Waals surface area contributed by atoms with Gasteiger partial charge in [-0.3, -0.25) is 0 Å². The predicted octanol–water partition coefficient (Wildman–Crippen LogP) is 2.19. The molecular formula is C15H15NO4. The van der Waals surface area contributed by atoms with Crippen molar-refractivity contribution >= 4 is 0 Å². The molecule has 1 aliphatic heterocycles. The summed E-state index contributed by atoms with van der Waals surface area (Å²) in [5, 5.41) is 9.10.